The predicted octanol–water partition coefficient (Wildman–Crippen LogP) is 6.08. The summed E-state index contributed by atoms with van der Waals surface area (Å²) in [6.07, 6.45) is 6.61. The van der Waals surface area contributed by atoms with Crippen molar-refractivity contribution in [2.45, 2.75) is 77.3 Å². The first-order valence-electron chi connectivity index (χ1n) is 10.7. The van der Waals surface area contributed by atoms with Gasteiger partial charge in [-0.3, -0.25) is 0 Å². The Hall–Kier alpha value is -2.20. The second-order valence-electron chi connectivity index (χ2n) is 7.58. The van der Waals surface area contributed by atoms with Gasteiger partial charge >= 0.3 is 0 Å². The lowest BCUT2D eigenvalue weighted by Gasteiger charge is -2.31. The molecule has 2 rings (SSSR count). The molecule has 0 saturated carbocycles. The summed E-state index contributed by atoms with van der Waals surface area (Å²) in [5, 5.41) is 13.8. The maximum Gasteiger partial charge on any atom is 0.237 e. The van der Waals surface area contributed by atoms with Gasteiger partial charge in [-0.2, -0.15) is 5.17 Å². The SMILES string of the molecule is CCCCC(Cc1ccccc1)N([O-])[N+](=O)C(CCCC)Cc1ccccc1. The molecule has 0 aromatic heterocycles. The molecule has 0 aliphatic carbocycles. The minimum Gasteiger partial charge on any atom is -0.704 e. The Kier molecular flexibility index (Phi) is 9.70. The molecular weight excluding hydrogens is 348 g/mol. The molecule has 0 heterocycles. The number of hydrogen-bond donors (Lipinski definition) is 0. The van der Waals surface area contributed by atoms with Gasteiger partial charge in [-0.05, 0) is 30.4 Å². The molecule has 0 aliphatic heterocycles. The number of hydrazine groups is 1. The van der Waals surface area contributed by atoms with Crippen LogP contribution in [-0.4, -0.2) is 22.1 Å². The van der Waals surface area contributed by atoms with Gasteiger partial charge in [0.2, 0.25) is 6.04 Å². The molecule has 2 aromatic rings. The van der Waals surface area contributed by atoms with Crippen LogP contribution in [0, 0.1) is 10.1 Å². The zero-order chi connectivity index (χ0) is 20.2. The quantitative estimate of drug-likeness (QED) is 0.311. The highest BCUT2D eigenvalue weighted by Crippen LogP contribution is 2.19. The highest BCUT2D eigenvalue weighted by atomic mass is 16.6. The van der Waals surface area contributed by atoms with Gasteiger partial charge in [0.1, 0.15) is 4.87 Å². The van der Waals surface area contributed by atoms with Crippen LogP contribution in [0.3, 0.4) is 0 Å². The predicted molar refractivity (Wildman–Crippen MR) is 116 cm³/mol. The van der Waals surface area contributed by atoms with Gasteiger partial charge in [0.25, 0.3) is 0 Å². The van der Waals surface area contributed by atoms with Crippen molar-refractivity contribution in [2.24, 2.45) is 0 Å². The summed E-state index contributed by atoms with van der Waals surface area (Å²) in [4.78, 5) is 13.8. The van der Waals surface area contributed by atoms with Crippen molar-refractivity contribution in [2.75, 3.05) is 0 Å². The van der Waals surface area contributed by atoms with Gasteiger partial charge in [0.05, 0.1) is 10.9 Å². The van der Waals surface area contributed by atoms with Crippen LogP contribution in [0.2, 0.25) is 0 Å². The Labute approximate surface area is 169 Å². The van der Waals surface area contributed by atoms with Crippen LogP contribution in [0.25, 0.3) is 0 Å². The van der Waals surface area contributed by atoms with E-state index >= 15 is 0 Å². The summed E-state index contributed by atoms with van der Waals surface area (Å²) >= 11 is 0. The molecule has 2 atom stereocenters. The maximum atomic E-state index is 13.1. The van der Waals surface area contributed by atoms with Crippen molar-refractivity contribution in [3.05, 3.63) is 81.9 Å². The third-order valence-corrected chi connectivity index (χ3v) is 5.23. The smallest absolute Gasteiger partial charge is 0.237 e. The molecule has 0 amide bonds. The van der Waals surface area contributed by atoms with Crippen LogP contribution in [0.5, 0.6) is 0 Å². The molecule has 0 fully saturated rings. The number of rotatable bonds is 13. The third-order valence-electron chi connectivity index (χ3n) is 5.23. The first-order valence-corrected chi connectivity index (χ1v) is 10.7. The number of hydroxylamine groups is 1. The molecule has 28 heavy (non-hydrogen) atoms. The molecule has 0 saturated heterocycles. The summed E-state index contributed by atoms with van der Waals surface area (Å²) in [5.74, 6) is 0. The Balaban J connectivity index is 2.12. The molecule has 0 spiro atoms. The Bertz CT molecular complexity index is 676. The average Bonchev–Trinajstić information content (AvgIpc) is 2.74. The van der Waals surface area contributed by atoms with Crippen molar-refractivity contribution in [1.29, 1.82) is 0 Å². The second kappa shape index (κ2) is 12.3. The van der Waals surface area contributed by atoms with Gasteiger partial charge in [-0.1, -0.05) is 93.8 Å². The van der Waals surface area contributed by atoms with E-state index in [1.807, 2.05) is 60.7 Å². The van der Waals surface area contributed by atoms with Crippen molar-refractivity contribution in [1.82, 2.24) is 5.17 Å². The van der Waals surface area contributed by atoms with E-state index in [1.54, 1.807) is 0 Å². The number of benzene rings is 2. The highest BCUT2D eigenvalue weighted by molar-refractivity contribution is 5.16. The van der Waals surface area contributed by atoms with Gasteiger partial charge in [-0.25, -0.2) is 0 Å². The van der Waals surface area contributed by atoms with Gasteiger partial charge in [0.15, 0.2) is 0 Å². The van der Waals surface area contributed by atoms with E-state index in [4.69, 9.17) is 0 Å². The minimum absolute atomic E-state index is 0.320. The van der Waals surface area contributed by atoms with E-state index in [2.05, 4.69) is 13.8 Å². The molecule has 152 valence electrons. The van der Waals surface area contributed by atoms with Crippen LogP contribution in [0.15, 0.2) is 60.7 Å². The van der Waals surface area contributed by atoms with E-state index in [-0.39, 0.29) is 12.1 Å². The topological polar surface area (TPSA) is 46.4 Å². The first kappa shape index (κ1) is 22.1. The van der Waals surface area contributed by atoms with Crippen molar-refractivity contribution in [3.63, 3.8) is 0 Å². The lowest BCUT2D eigenvalue weighted by molar-refractivity contribution is -0.730. The molecule has 2 unspecified atom stereocenters. The molecule has 4 nitrogen and oxygen atoms in total. The zero-order valence-corrected chi connectivity index (χ0v) is 17.3. The standard InChI is InChI=1S/C24H34N2O2/c1-3-5-17-23(19-21-13-9-7-10-14-21)25(27)26(28)24(18-6-4-2)20-22-15-11-8-12-16-22/h7-16,23-24H,3-6,17-20H2,1-2H3. The first-order chi connectivity index (χ1) is 13.7. The lowest BCUT2D eigenvalue weighted by atomic mass is 10.00. The zero-order valence-electron chi connectivity index (χ0n) is 17.3. The fourth-order valence-corrected chi connectivity index (χ4v) is 3.55. The van der Waals surface area contributed by atoms with Crippen molar-refractivity contribution in [3.8, 4) is 0 Å². The monoisotopic (exact) mass is 382 g/mol. The van der Waals surface area contributed by atoms with Crippen LogP contribution in [0.4, 0.5) is 0 Å². The minimum atomic E-state index is -0.320. The number of nitrogens with zero attached hydrogens (tertiary/aromatic N) is 2. The number of hydrogen-bond acceptors (Lipinski definition) is 2. The molecule has 4 heteroatoms. The molecule has 0 N–H and O–H groups in total. The van der Waals surface area contributed by atoms with Crippen LogP contribution in [-0.2, 0) is 12.8 Å². The van der Waals surface area contributed by atoms with Gasteiger partial charge < -0.3 is 5.21 Å². The van der Waals surface area contributed by atoms with E-state index in [9.17, 15) is 10.1 Å². The largest absolute Gasteiger partial charge is 0.704 e. The van der Waals surface area contributed by atoms with Gasteiger partial charge in [0, 0.05) is 12.8 Å². The molecular formula is C24H34N2O2. The molecule has 0 aliphatic rings. The molecule has 2 aromatic carbocycles. The number of nitroso groups, excluding NO2 is 1. The summed E-state index contributed by atoms with van der Waals surface area (Å²) in [7, 11) is 0. The van der Waals surface area contributed by atoms with E-state index < -0.39 is 0 Å². The average molecular weight is 383 g/mol. The summed E-state index contributed by atoms with van der Waals surface area (Å²) in [6.45, 7) is 4.23. The van der Waals surface area contributed by atoms with E-state index in [1.165, 1.54) is 0 Å². The van der Waals surface area contributed by atoms with Crippen molar-refractivity contribution >= 4 is 0 Å². The summed E-state index contributed by atoms with van der Waals surface area (Å²) in [5.41, 5.74) is 2.21. The summed E-state index contributed by atoms with van der Waals surface area (Å²) < 4.78 is 0. The van der Waals surface area contributed by atoms with Crippen molar-refractivity contribution < 1.29 is 4.87 Å². The second-order valence-corrected chi connectivity index (χ2v) is 7.58. The maximum absolute atomic E-state index is 13.1. The number of unbranched alkanes of at least 4 members (excludes halogenated alkanes) is 2. The Morgan fingerprint density at radius 1 is 0.821 bits per heavy atom. The van der Waals surface area contributed by atoms with E-state index in [0.717, 1.165) is 59.7 Å². The highest BCUT2D eigenvalue weighted by Gasteiger charge is 2.31. The van der Waals surface area contributed by atoms with Gasteiger partial charge in [-0.15, -0.1) is 0 Å². The fraction of sp³-hybridized carbons (Fsp3) is 0.500. The third kappa shape index (κ3) is 7.08. The Morgan fingerprint density at radius 3 is 1.86 bits per heavy atom. The Morgan fingerprint density at radius 2 is 1.32 bits per heavy atom. The summed E-state index contributed by atoms with van der Waals surface area (Å²) in [6, 6.07) is 19.3. The van der Waals surface area contributed by atoms with E-state index in [0.29, 0.717) is 12.8 Å². The van der Waals surface area contributed by atoms with Crippen LogP contribution >= 0.6 is 0 Å². The molecule has 0 bridgehead atoms. The normalized spacial score (nSPS) is 13.1. The van der Waals surface area contributed by atoms with Crippen LogP contribution < -0.4 is 0 Å². The lowest BCUT2D eigenvalue weighted by Crippen LogP contribution is -2.44. The fourth-order valence-electron chi connectivity index (χ4n) is 3.55. The van der Waals surface area contributed by atoms with Crippen LogP contribution in [0.1, 0.15) is 63.5 Å². The molecule has 0 radical (unpaired) electrons.